The maximum atomic E-state index is 11.7. The number of allylic oxidation sites excluding steroid dienone is 1. The summed E-state index contributed by atoms with van der Waals surface area (Å²) in [6.45, 7) is 12.6. The minimum absolute atomic E-state index is 0.162. The van der Waals surface area contributed by atoms with Crippen LogP contribution in [0, 0.1) is 0 Å². The van der Waals surface area contributed by atoms with E-state index in [1.165, 1.54) is 5.19 Å². The van der Waals surface area contributed by atoms with Crippen molar-refractivity contribution < 1.29 is 9.53 Å². The van der Waals surface area contributed by atoms with Crippen molar-refractivity contribution in [2.45, 2.75) is 58.4 Å². The fourth-order valence-electron chi connectivity index (χ4n) is 2.12. The van der Waals surface area contributed by atoms with Gasteiger partial charge in [-0.15, -0.1) is 0 Å². The molecule has 2 nitrogen and oxygen atoms in total. The zero-order chi connectivity index (χ0) is 16.1. The van der Waals surface area contributed by atoms with Gasteiger partial charge >= 0.3 is 5.97 Å². The topological polar surface area (TPSA) is 26.3 Å². The molecular weight excluding hydrogens is 276 g/mol. The van der Waals surface area contributed by atoms with Gasteiger partial charge in [-0.1, -0.05) is 67.7 Å². The summed E-state index contributed by atoms with van der Waals surface area (Å²) in [7, 11) is -1.54. The van der Waals surface area contributed by atoms with Gasteiger partial charge in [-0.3, -0.25) is 4.79 Å². The van der Waals surface area contributed by atoms with Gasteiger partial charge in [-0.05, 0) is 26.3 Å². The van der Waals surface area contributed by atoms with Crippen LogP contribution in [0.4, 0.5) is 0 Å². The van der Waals surface area contributed by atoms with E-state index in [9.17, 15) is 4.79 Å². The van der Waals surface area contributed by atoms with Crippen LogP contribution in [0.1, 0.15) is 34.1 Å². The minimum atomic E-state index is -1.54. The van der Waals surface area contributed by atoms with Crippen LogP contribution in [0.5, 0.6) is 0 Å². The number of benzene rings is 1. The molecule has 0 heterocycles. The highest BCUT2D eigenvalue weighted by Crippen LogP contribution is 2.23. The largest absolute Gasteiger partial charge is 0.460 e. The quantitative estimate of drug-likeness (QED) is 0.461. The molecule has 0 aliphatic rings. The average molecular weight is 305 g/mol. The molecule has 0 spiro atoms. The van der Waals surface area contributed by atoms with Crippen LogP contribution in [-0.2, 0) is 9.53 Å². The second-order valence-electron chi connectivity index (χ2n) is 7.10. The molecule has 0 aromatic heterocycles. The summed E-state index contributed by atoms with van der Waals surface area (Å²) in [5, 5.41) is 1.44. The van der Waals surface area contributed by atoms with E-state index in [1.807, 2.05) is 26.8 Å². The summed E-state index contributed by atoms with van der Waals surface area (Å²) in [5.74, 6) is -0.162. The minimum Gasteiger partial charge on any atom is -0.460 e. The summed E-state index contributed by atoms with van der Waals surface area (Å²) in [4.78, 5) is 11.7. The maximum absolute atomic E-state index is 11.7. The van der Waals surface area contributed by atoms with Crippen LogP contribution in [0.3, 0.4) is 0 Å². The number of carbonyl (C=O) groups is 1. The molecule has 0 aliphatic carbocycles. The van der Waals surface area contributed by atoms with Gasteiger partial charge in [0.1, 0.15) is 5.60 Å². The first kappa shape index (κ1) is 17.7. The third kappa shape index (κ3) is 5.88. The molecule has 116 valence electrons. The Bertz CT molecular complexity index is 484. The number of rotatable bonds is 5. The van der Waals surface area contributed by atoms with Crippen molar-refractivity contribution in [1.29, 1.82) is 0 Å². The van der Waals surface area contributed by atoms with Crippen molar-refractivity contribution in [2.24, 2.45) is 0 Å². The van der Waals surface area contributed by atoms with Crippen LogP contribution < -0.4 is 5.19 Å². The summed E-state index contributed by atoms with van der Waals surface area (Å²) in [5.41, 5.74) is 0.0662. The standard InChI is InChI=1S/C18H28O2Si/c1-15(11-10-14-17(19)20-18(2,3)4)21(5,6)16-12-8-7-9-13-16/h7-13,15H,14H2,1-6H3/b11-10-. The Kier molecular flexibility index (Phi) is 5.96. The molecule has 1 aromatic carbocycles. The van der Waals surface area contributed by atoms with Gasteiger partial charge in [0.25, 0.3) is 0 Å². The predicted molar refractivity (Wildman–Crippen MR) is 92.6 cm³/mol. The molecule has 21 heavy (non-hydrogen) atoms. The number of ether oxygens (including phenoxy) is 1. The molecule has 0 N–H and O–H groups in total. The van der Waals surface area contributed by atoms with Crippen molar-refractivity contribution in [3.05, 3.63) is 42.5 Å². The number of hydrogen-bond donors (Lipinski definition) is 0. The Labute approximate surface area is 130 Å². The van der Waals surface area contributed by atoms with E-state index in [0.717, 1.165) is 0 Å². The van der Waals surface area contributed by atoms with Gasteiger partial charge in [0.05, 0.1) is 14.5 Å². The summed E-state index contributed by atoms with van der Waals surface area (Å²) in [6.07, 6.45) is 4.47. The first-order valence-corrected chi connectivity index (χ1v) is 10.6. The number of esters is 1. The van der Waals surface area contributed by atoms with E-state index in [4.69, 9.17) is 4.74 Å². The van der Waals surface area contributed by atoms with Crippen molar-refractivity contribution in [3.63, 3.8) is 0 Å². The van der Waals surface area contributed by atoms with Gasteiger partial charge in [0, 0.05) is 0 Å². The molecular formula is C18H28O2Si. The highest BCUT2D eigenvalue weighted by atomic mass is 28.3. The molecule has 1 unspecified atom stereocenters. The van der Waals surface area contributed by atoms with E-state index < -0.39 is 13.7 Å². The van der Waals surface area contributed by atoms with Crippen molar-refractivity contribution in [2.75, 3.05) is 0 Å². The van der Waals surface area contributed by atoms with E-state index >= 15 is 0 Å². The second-order valence-corrected chi connectivity index (χ2v) is 12.0. The smallest absolute Gasteiger partial charge is 0.310 e. The molecule has 1 rings (SSSR count). The third-order valence-electron chi connectivity index (χ3n) is 3.79. The van der Waals surface area contributed by atoms with Crippen LogP contribution in [-0.4, -0.2) is 19.6 Å². The van der Waals surface area contributed by atoms with Crippen LogP contribution in [0.2, 0.25) is 18.6 Å². The molecule has 1 aromatic rings. The highest BCUT2D eigenvalue weighted by Gasteiger charge is 2.28. The Hall–Kier alpha value is -1.35. The molecule has 0 amide bonds. The fraction of sp³-hybridized carbons (Fsp3) is 0.500. The van der Waals surface area contributed by atoms with E-state index in [-0.39, 0.29) is 5.97 Å². The van der Waals surface area contributed by atoms with E-state index in [2.05, 4.69) is 56.4 Å². The molecule has 0 fully saturated rings. The fourth-order valence-corrected chi connectivity index (χ4v) is 4.32. The summed E-state index contributed by atoms with van der Waals surface area (Å²) in [6, 6.07) is 10.7. The van der Waals surface area contributed by atoms with Gasteiger partial charge in [0.15, 0.2) is 0 Å². The molecule has 0 aliphatic heterocycles. The zero-order valence-electron chi connectivity index (χ0n) is 14.1. The average Bonchev–Trinajstić information content (AvgIpc) is 2.37. The molecule has 0 radical (unpaired) electrons. The van der Waals surface area contributed by atoms with Gasteiger partial charge in [0.2, 0.25) is 0 Å². The van der Waals surface area contributed by atoms with Gasteiger partial charge in [-0.25, -0.2) is 0 Å². The number of hydrogen-bond acceptors (Lipinski definition) is 2. The molecule has 0 saturated heterocycles. The highest BCUT2D eigenvalue weighted by molar-refractivity contribution is 6.91. The van der Waals surface area contributed by atoms with Crippen molar-refractivity contribution >= 4 is 19.2 Å². The molecule has 0 saturated carbocycles. The zero-order valence-corrected chi connectivity index (χ0v) is 15.1. The normalized spacial score (nSPS) is 14.2. The Morgan fingerprint density at radius 1 is 1.24 bits per heavy atom. The monoisotopic (exact) mass is 304 g/mol. The van der Waals surface area contributed by atoms with Crippen molar-refractivity contribution in [1.82, 2.24) is 0 Å². The lowest BCUT2D eigenvalue weighted by molar-refractivity contribution is -0.153. The maximum Gasteiger partial charge on any atom is 0.310 e. The van der Waals surface area contributed by atoms with Crippen LogP contribution >= 0.6 is 0 Å². The lowest BCUT2D eigenvalue weighted by Gasteiger charge is -2.28. The molecule has 1 atom stereocenters. The summed E-state index contributed by atoms with van der Waals surface area (Å²) < 4.78 is 5.31. The Balaban J connectivity index is 2.62. The van der Waals surface area contributed by atoms with E-state index in [1.54, 1.807) is 0 Å². The lowest BCUT2D eigenvalue weighted by atomic mass is 10.2. The lowest BCUT2D eigenvalue weighted by Crippen LogP contribution is -2.44. The molecule has 0 bridgehead atoms. The molecule has 3 heteroatoms. The Morgan fingerprint density at radius 2 is 1.81 bits per heavy atom. The van der Waals surface area contributed by atoms with E-state index in [0.29, 0.717) is 12.0 Å². The SMILES string of the molecule is CC(/C=C\CC(=O)OC(C)(C)C)[Si](C)(C)c1ccccc1. The second kappa shape index (κ2) is 7.08. The van der Waals surface area contributed by atoms with Gasteiger partial charge < -0.3 is 4.74 Å². The number of carbonyl (C=O) groups excluding carboxylic acids is 1. The van der Waals surface area contributed by atoms with Crippen LogP contribution in [0.15, 0.2) is 42.5 Å². The van der Waals surface area contributed by atoms with Crippen molar-refractivity contribution in [3.8, 4) is 0 Å². The summed E-state index contributed by atoms with van der Waals surface area (Å²) >= 11 is 0. The van der Waals surface area contributed by atoms with Gasteiger partial charge in [-0.2, -0.15) is 0 Å². The first-order valence-electron chi connectivity index (χ1n) is 7.57. The van der Waals surface area contributed by atoms with Crippen LogP contribution in [0.25, 0.3) is 0 Å². The Morgan fingerprint density at radius 3 is 2.33 bits per heavy atom. The third-order valence-corrected chi connectivity index (χ3v) is 8.08. The first-order chi connectivity index (χ1) is 9.63. The predicted octanol–water partition coefficient (Wildman–Crippen LogP) is 4.28.